The minimum absolute atomic E-state index is 0.194. The van der Waals surface area contributed by atoms with Crippen molar-refractivity contribution in [1.29, 1.82) is 0 Å². The van der Waals surface area contributed by atoms with Gasteiger partial charge in [-0.3, -0.25) is 4.79 Å². The van der Waals surface area contributed by atoms with Crippen LogP contribution in [0.4, 0.5) is 11.5 Å². The van der Waals surface area contributed by atoms with Crippen LogP contribution in [0, 0.1) is 6.92 Å². The summed E-state index contributed by atoms with van der Waals surface area (Å²) in [5.41, 5.74) is 2.25. The predicted octanol–water partition coefficient (Wildman–Crippen LogP) is 3.08. The van der Waals surface area contributed by atoms with Gasteiger partial charge in [0.1, 0.15) is 11.6 Å². The van der Waals surface area contributed by atoms with Crippen molar-refractivity contribution in [2.24, 2.45) is 0 Å². The highest BCUT2D eigenvalue weighted by Gasteiger charge is 2.10. The van der Waals surface area contributed by atoms with Crippen molar-refractivity contribution in [3.05, 3.63) is 47.7 Å². The Balaban J connectivity index is 2.21. The second kappa shape index (κ2) is 6.74. The molecule has 0 spiro atoms. The summed E-state index contributed by atoms with van der Waals surface area (Å²) < 4.78 is 5.26. The maximum absolute atomic E-state index is 12.3. The lowest BCUT2D eigenvalue weighted by atomic mass is 10.2. The molecule has 0 fully saturated rings. The Morgan fingerprint density at radius 1 is 1.29 bits per heavy atom. The molecular weight excluding hydrogens is 266 g/mol. The first-order chi connectivity index (χ1) is 10.1. The lowest BCUT2D eigenvalue weighted by Crippen LogP contribution is -2.13. The van der Waals surface area contributed by atoms with E-state index in [1.165, 1.54) is 0 Å². The van der Waals surface area contributed by atoms with Gasteiger partial charge in [-0.15, -0.1) is 0 Å². The number of hydrogen-bond acceptors (Lipinski definition) is 4. The summed E-state index contributed by atoms with van der Waals surface area (Å²) in [5, 5.41) is 5.95. The number of rotatable bonds is 5. The number of ether oxygens (including phenoxy) is 1. The molecule has 2 rings (SSSR count). The third-order valence-electron chi connectivity index (χ3n) is 2.98. The summed E-state index contributed by atoms with van der Waals surface area (Å²) >= 11 is 0. The van der Waals surface area contributed by atoms with E-state index in [1.807, 2.05) is 32.0 Å². The van der Waals surface area contributed by atoms with Crippen LogP contribution in [0.25, 0.3) is 0 Å². The van der Waals surface area contributed by atoms with Crippen LogP contribution in [-0.2, 0) is 0 Å². The Labute approximate surface area is 124 Å². The summed E-state index contributed by atoms with van der Waals surface area (Å²) in [5.74, 6) is 1.12. The first-order valence-corrected chi connectivity index (χ1v) is 6.80. The van der Waals surface area contributed by atoms with E-state index >= 15 is 0 Å². The van der Waals surface area contributed by atoms with Crippen LogP contribution in [0.15, 0.2) is 36.5 Å². The fraction of sp³-hybridized carbons (Fsp3) is 0.250. The van der Waals surface area contributed by atoms with Gasteiger partial charge in [0.25, 0.3) is 5.91 Å². The largest absolute Gasteiger partial charge is 0.495 e. The molecule has 1 aromatic heterocycles. The van der Waals surface area contributed by atoms with Crippen LogP contribution in [0.3, 0.4) is 0 Å². The molecule has 0 aliphatic heterocycles. The SMILES string of the molecule is CCNc1cc(C(=O)Nc2cc(C)ccc2OC)ccn1. The molecule has 5 heteroatoms. The van der Waals surface area contributed by atoms with Gasteiger partial charge >= 0.3 is 0 Å². The van der Waals surface area contributed by atoms with E-state index < -0.39 is 0 Å². The number of anilines is 2. The average Bonchev–Trinajstić information content (AvgIpc) is 2.48. The Hall–Kier alpha value is -2.56. The van der Waals surface area contributed by atoms with Crippen LogP contribution in [-0.4, -0.2) is 24.5 Å². The Morgan fingerprint density at radius 3 is 2.81 bits per heavy atom. The molecule has 5 nitrogen and oxygen atoms in total. The van der Waals surface area contributed by atoms with Crippen LogP contribution in [0.1, 0.15) is 22.8 Å². The molecule has 0 unspecified atom stereocenters. The maximum atomic E-state index is 12.3. The molecule has 21 heavy (non-hydrogen) atoms. The Bertz CT molecular complexity index is 641. The van der Waals surface area contributed by atoms with Gasteiger partial charge in [0.05, 0.1) is 12.8 Å². The summed E-state index contributed by atoms with van der Waals surface area (Å²) in [6.45, 7) is 4.70. The molecule has 0 aliphatic carbocycles. The van der Waals surface area contributed by atoms with Crippen LogP contribution in [0.5, 0.6) is 5.75 Å². The minimum Gasteiger partial charge on any atom is -0.495 e. The molecule has 0 atom stereocenters. The smallest absolute Gasteiger partial charge is 0.255 e. The standard InChI is InChI=1S/C16H19N3O2/c1-4-17-15-10-12(7-8-18-15)16(20)19-13-9-11(2)5-6-14(13)21-3/h5-10H,4H2,1-3H3,(H,17,18)(H,19,20). The zero-order chi connectivity index (χ0) is 15.2. The van der Waals surface area contributed by atoms with Crippen molar-refractivity contribution in [3.63, 3.8) is 0 Å². The van der Waals surface area contributed by atoms with Crippen LogP contribution in [0.2, 0.25) is 0 Å². The van der Waals surface area contributed by atoms with Gasteiger partial charge in [-0.25, -0.2) is 4.98 Å². The van der Waals surface area contributed by atoms with Crippen LogP contribution < -0.4 is 15.4 Å². The number of pyridine rings is 1. The van der Waals surface area contributed by atoms with Crippen LogP contribution >= 0.6 is 0 Å². The van der Waals surface area contributed by atoms with Gasteiger partial charge in [0.15, 0.2) is 0 Å². The molecule has 2 aromatic rings. The average molecular weight is 285 g/mol. The van der Waals surface area contributed by atoms with E-state index in [1.54, 1.807) is 25.4 Å². The highest BCUT2D eigenvalue weighted by Crippen LogP contribution is 2.25. The minimum atomic E-state index is -0.194. The van der Waals surface area contributed by atoms with Gasteiger partial charge < -0.3 is 15.4 Å². The van der Waals surface area contributed by atoms with Crippen molar-refractivity contribution in [1.82, 2.24) is 4.98 Å². The highest BCUT2D eigenvalue weighted by atomic mass is 16.5. The fourth-order valence-electron chi connectivity index (χ4n) is 1.96. The monoisotopic (exact) mass is 285 g/mol. The Morgan fingerprint density at radius 2 is 2.10 bits per heavy atom. The molecule has 1 amide bonds. The summed E-state index contributed by atoms with van der Waals surface area (Å²) in [4.78, 5) is 16.5. The quantitative estimate of drug-likeness (QED) is 0.886. The third kappa shape index (κ3) is 3.72. The first kappa shape index (κ1) is 14.8. The lowest BCUT2D eigenvalue weighted by molar-refractivity contribution is 0.102. The van der Waals surface area contributed by atoms with E-state index in [2.05, 4.69) is 15.6 Å². The van der Waals surface area contributed by atoms with Crippen molar-refractivity contribution in [3.8, 4) is 5.75 Å². The summed E-state index contributed by atoms with van der Waals surface area (Å²) in [6, 6.07) is 9.05. The van der Waals surface area contributed by atoms with Crippen molar-refractivity contribution in [2.45, 2.75) is 13.8 Å². The number of aromatic nitrogens is 1. The van der Waals surface area contributed by atoms with E-state index in [9.17, 15) is 4.79 Å². The molecular formula is C16H19N3O2. The number of benzene rings is 1. The second-order valence-electron chi connectivity index (χ2n) is 4.62. The molecule has 0 aliphatic rings. The number of carbonyl (C=O) groups is 1. The zero-order valence-corrected chi connectivity index (χ0v) is 12.4. The van der Waals surface area contributed by atoms with E-state index in [4.69, 9.17) is 4.74 Å². The first-order valence-electron chi connectivity index (χ1n) is 6.80. The number of amides is 1. The number of methoxy groups -OCH3 is 1. The molecule has 110 valence electrons. The van der Waals surface area contributed by atoms with E-state index in [-0.39, 0.29) is 5.91 Å². The molecule has 1 heterocycles. The maximum Gasteiger partial charge on any atom is 0.255 e. The van der Waals surface area contributed by atoms with Crippen molar-refractivity contribution >= 4 is 17.4 Å². The second-order valence-corrected chi connectivity index (χ2v) is 4.62. The summed E-state index contributed by atoms with van der Waals surface area (Å²) in [6.07, 6.45) is 1.61. The van der Waals surface area contributed by atoms with Gasteiger partial charge in [-0.1, -0.05) is 6.07 Å². The number of hydrogen-bond donors (Lipinski definition) is 2. The summed E-state index contributed by atoms with van der Waals surface area (Å²) in [7, 11) is 1.58. The molecule has 0 bridgehead atoms. The molecule has 0 saturated carbocycles. The number of nitrogens with zero attached hydrogens (tertiary/aromatic N) is 1. The van der Waals surface area contributed by atoms with Gasteiger partial charge in [0, 0.05) is 18.3 Å². The molecule has 0 radical (unpaired) electrons. The number of aryl methyl sites for hydroxylation is 1. The highest BCUT2D eigenvalue weighted by molar-refractivity contribution is 6.05. The van der Waals surface area contributed by atoms with Crippen molar-refractivity contribution < 1.29 is 9.53 Å². The number of nitrogens with one attached hydrogen (secondary N) is 2. The van der Waals surface area contributed by atoms with E-state index in [0.717, 1.165) is 12.1 Å². The number of carbonyl (C=O) groups excluding carboxylic acids is 1. The van der Waals surface area contributed by atoms with Gasteiger partial charge in [-0.05, 0) is 43.7 Å². The lowest BCUT2D eigenvalue weighted by Gasteiger charge is -2.11. The third-order valence-corrected chi connectivity index (χ3v) is 2.98. The van der Waals surface area contributed by atoms with Crippen molar-refractivity contribution in [2.75, 3.05) is 24.3 Å². The van der Waals surface area contributed by atoms with E-state index in [0.29, 0.717) is 22.8 Å². The van der Waals surface area contributed by atoms with Gasteiger partial charge in [-0.2, -0.15) is 0 Å². The fourth-order valence-corrected chi connectivity index (χ4v) is 1.96. The molecule has 2 N–H and O–H groups in total. The molecule has 1 aromatic carbocycles. The topological polar surface area (TPSA) is 63.2 Å². The zero-order valence-electron chi connectivity index (χ0n) is 12.4. The predicted molar refractivity (Wildman–Crippen MR) is 84.1 cm³/mol. The van der Waals surface area contributed by atoms with Gasteiger partial charge in [0.2, 0.25) is 0 Å². The Kier molecular flexibility index (Phi) is 4.77. The molecule has 0 saturated heterocycles. The normalized spacial score (nSPS) is 10.0.